The summed E-state index contributed by atoms with van der Waals surface area (Å²) in [5.41, 5.74) is 3.02. The van der Waals surface area contributed by atoms with Crippen LogP contribution in [0.1, 0.15) is 37.3 Å². The molecule has 0 unspecified atom stereocenters. The highest BCUT2D eigenvalue weighted by Gasteiger charge is 2.29. The summed E-state index contributed by atoms with van der Waals surface area (Å²) in [4.78, 5) is 14.6. The lowest BCUT2D eigenvalue weighted by Crippen LogP contribution is -2.50. The molecule has 1 aliphatic rings. The SMILES string of the molecule is CC[C@@H](C)c1ccc(S(=O)(=O)N2CCN(CC(=O)Nc3cccc(C)c3)CC2)cc1. The van der Waals surface area contributed by atoms with Gasteiger partial charge in [0.15, 0.2) is 0 Å². The Bertz CT molecular complexity index is 965. The third kappa shape index (κ3) is 5.47. The maximum absolute atomic E-state index is 13.0. The summed E-state index contributed by atoms with van der Waals surface area (Å²) >= 11 is 0. The molecule has 30 heavy (non-hydrogen) atoms. The second kappa shape index (κ2) is 9.73. The molecular weight excluding hydrogens is 398 g/mol. The number of benzene rings is 2. The molecule has 0 radical (unpaired) electrons. The fraction of sp³-hybridized carbons (Fsp3) is 0.435. The van der Waals surface area contributed by atoms with Gasteiger partial charge in [-0.1, -0.05) is 38.1 Å². The molecule has 1 amide bonds. The van der Waals surface area contributed by atoms with Crippen LogP contribution in [0, 0.1) is 6.92 Å². The minimum Gasteiger partial charge on any atom is -0.325 e. The highest BCUT2D eigenvalue weighted by atomic mass is 32.2. The van der Waals surface area contributed by atoms with Crippen LogP contribution in [0.25, 0.3) is 0 Å². The summed E-state index contributed by atoms with van der Waals surface area (Å²) in [6, 6.07) is 14.9. The minimum atomic E-state index is -3.51. The van der Waals surface area contributed by atoms with Crippen LogP contribution in [-0.4, -0.2) is 56.3 Å². The third-order valence-electron chi connectivity index (χ3n) is 5.70. The zero-order valence-electron chi connectivity index (χ0n) is 18.0. The summed E-state index contributed by atoms with van der Waals surface area (Å²) in [6.45, 7) is 8.32. The Hall–Kier alpha value is -2.22. The molecule has 0 aliphatic carbocycles. The number of nitrogens with zero attached hydrogens (tertiary/aromatic N) is 2. The monoisotopic (exact) mass is 429 g/mol. The van der Waals surface area contributed by atoms with Crippen molar-refractivity contribution < 1.29 is 13.2 Å². The minimum absolute atomic E-state index is 0.0856. The first-order chi connectivity index (χ1) is 14.3. The fourth-order valence-corrected chi connectivity index (χ4v) is 5.03. The maximum Gasteiger partial charge on any atom is 0.243 e. The molecule has 3 rings (SSSR count). The van der Waals surface area contributed by atoms with Crippen LogP contribution in [0.3, 0.4) is 0 Å². The standard InChI is InChI=1S/C23H31N3O3S/c1-4-19(3)20-8-10-22(11-9-20)30(28,29)26-14-12-25(13-15-26)17-23(27)24-21-7-5-6-18(2)16-21/h5-11,16,19H,4,12-15,17H2,1-3H3,(H,24,27)/t19-/m1/s1. The Kier molecular flexibility index (Phi) is 7.28. The van der Waals surface area contributed by atoms with Gasteiger partial charge in [-0.2, -0.15) is 4.31 Å². The number of carbonyl (C=O) groups excluding carboxylic acids is 1. The molecule has 1 heterocycles. The Labute approximate surface area is 179 Å². The van der Waals surface area contributed by atoms with Crippen LogP contribution in [0.5, 0.6) is 0 Å². The highest BCUT2D eigenvalue weighted by Crippen LogP contribution is 2.23. The molecule has 6 nitrogen and oxygen atoms in total. The highest BCUT2D eigenvalue weighted by molar-refractivity contribution is 7.89. The van der Waals surface area contributed by atoms with E-state index in [0.29, 0.717) is 37.0 Å². The van der Waals surface area contributed by atoms with Crippen molar-refractivity contribution >= 4 is 21.6 Å². The topological polar surface area (TPSA) is 69.7 Å². The molecule has 1 saturated heterocycles. The van der Waals surface area contributed by atoms with E-state index in [9.17, 15) is 13.2 Å². The van der Waals surface area contributed by atoms with Gasteiger partial charge in [-0.15, -0.1) is 0 Å². The molecule has 0 spiro atoms. The lowest BCUT2D eigenvalue weighted by molar-refractivity contribution is -0.117. The first kappa shape index (κ1) is 22.5. The van der Waals surface area contributed by atoms with Gasteiger partial charge >= 0.3 is 0 Å². The van der Waals surface area contributed by atoms with E-state index in [4.69, 9.17) is 0 Å². The van der Waals surface area contributed by atoms with Crippen LogP contribution < -0.4 is 5.32 Å². The van der Waals surface area contributed by atoms with E-state index >= 15 is 0 Å². The zero-order valence-corrected chi connectivity index (χ0v) is 18.8. The number of rotatable bonds is 7. The van der Waals surface area contributed by atoms with Crippen LogP contribution >= 0.6 is 0 Å². The molecule has 2 aromatic rings. The number of anilines is 1. The number of sulfonamides is 1. The summed E-state index contributed by atoms with van der Waals surface area (Å²) in [5, 5.41) is 2.90. The Morgan fingerprint density at radius 1 is 1.07 bits per heavy atom. The van der Waals surface area contributed by atoms with Gasteiger partial charge in [0.1, 0.15) is 0 Å². The second-order valence-corrected chi connectivity index (χ2v) is 9.91. The average Bonchev–Trinajstić information content (AvgIpc) is 2.73. The van der Waals surface area contributed by atoms with Gasteiger partial charge in [0.25, 0.3) is 0 Å². The molecule has 1 N–H and O–H groups in total. The van der Waals surface area contributed by atoms with Crippen LogP contribution in [0.4, 0.5) is 5.69 Å². The molecule has 7 heteroatoms. The van der Waals surface area contributed by atoms with Crippen LogP contribution in [0.15, 0.2) is 53.4 Å². The number of piperazine rings is 1. The lowest BCUT2D eigenvalue weighted by atomic mass is 9.99. The quantitative estimate of drug-likeness (QED) is 0.732. The first-order valence-electron chi connectivity index (χ1n) is 10.5. The predicted molar refractivity (Wildman–Crippen MR) is 120 cm³/mol. The average molecular weight is 430 g/mol. The van der Waals surface area contributed by atoms with Crippen molar-refractivity contribution in [1.29, 1.82) is 0 Å². The van der Waals surface area contributed by atoms with E-state index in [1.807, 2.05) is 48.2 Å². The van der Waals surface area contributed by atoms with Crippen molar-refractivity contribution in [2.75, 3.05) is 38.0 Å². The van der Waals surface area contributed by atoms with Gasteiger partial charge in [0.05, 0.1) is 11.4 Å². The van der Waals surface area contributed by atoms with Crippen molar-refractivity contribution in [2.45, 2.75) is 38.0 Å². The van der Waals surface area contributed by atoms with Crippen molar-refractivity contribution in [2.24, 2.45) is 0 Å². The van der Waals surface area contributed by atoms with E-state index in [0.717, 1.165) is 23.2 Å². The van der Waals surface area contributed by atoms with E-state index in [-0.39, 0.29) is 12.5 Å². The number of aryl methyl sites for hydroxylation is 1. The van der Waals surface area contributed by atoms with E-state index in [1.165, 1.54) is 4.31 Å². The van der Waals surface area contributed by atoms with E-state index < -0.39 is 10.0 Å². The predicted octanol–water partition coefficient (Wildman–Crippen LogP) is 3.45. The Balaban J connectivity index is 1.54. The van der Waals surface area contributed by atoms with E-state index in [2.05, 4.69) is 19.2 Å². The number of amides is 1. The smallest absolute Gasteiger partial charge is 0.243 e. The first-order valence-corrected chi connectivity index (χ1v) is 11.9. The molecule has 1 atom stereocenters. The third-order valence-corrected chi connectivity index (χ3v) is 7.61. The van der Waals surface area contributed by atoms with Crippen molar-refractivity contribution in [3.8, 4) is 0 Å². The van der Waals surface area contributed by atoms with Gasteiger partial charge in [0.2, 0.25) is 15.9 Å². The summed E-state index contributed by atoms with van der Waals surface area (Å²) in [7, 11) is -3.51. The number of hydrogen-bond acceptors (Lipinski definition) is 4. The van der Waals surface area contributed by atoms with Crippen molar-refractivity contribution in [3.05, 3.63) is 59.7 Å². The fourth-order valence-electron chi connectivity index (χ4n) is 3.61. The maximum atomic E-state index is 13.0. The zero-order chi connectivity index (χ0) is 21.7. The number of hydrogen-bond donors (Lipinski definition) is 1. The van der Waals surface area contributed by atoms with Gasteiger partial charge in [-0.25, -0.2) is 8.42 Å². The summed E-state index contributed by atoms with van der Waals surface area (Å²) in [6.07, 6.45) is 1.02. The largest absolute Gasteiger partial charge is 0.325 e. The van der Waals surface area contributed by atoms with Gasteiger partial charge in [-0.05, 0) is 54.7 Å². The van der Waals surface area contributed by atoms with Crippen molar-refractivity contribution in [3.63, 3.8) is 0 Å². The molecule has 1 aliphatic heterocycles. The molecular formula is C23H31N3O3S. The van der Waals surface area contributed by atoms with Gasteiger partial charge < -0.3 is 5.32 Å². The Morgan fingerprint density at radius 3 is 2.33 bits per heavy atom. The normalized spacial score (nSPS) is 16.9. The van der Waals surface area contributed by atoms with Crippen LogP contribution in [0.2, 0.25) is 0 Å². The molecule has 1 fully saturated rings. The molecule has 0 bridgehead atoms. The molecule has 162 valence electrons. The Morgan fingerprint density at radius 2 is 1.73 bits per heavy atom. The lowest BCUT2D eigenvalue weighted by Gasteiger charge is -2.33. The number of carbonyl (C=O) groups is 1. The van der Waals surface area contributed by atoms with Gasteiger partial charge in [-0.3, -0.25) is 9.69 Å². The van der Waals surface area contributed by atoms with Crippen LogP contribution in [-0.2, 0) is 14.8 Å². The molecule has 0 aromatic heterocycles. The summed E-state index contributed by atoms with van der Waals surface area (Å²) < 4.78 is 27.5. The van der Waals surface area contributed by atoms with E-state index in [1.54, 1.807) is 12.1 Å². The molecule has 2 aromatic carbocycles. The van der Waals surface area contributed by atoms with Gasteiger partial charge in [0, 0.05) is 31.9 Å². The molecule has 0 saturated carbocycles. The van der Waals surface area contributed by atoms with Crippen molar-refractivity contribution in [1.82, 2.24) is 9.21 Å². The second-order valence-electron chi connectivity index (χ2n) is 7.98. The number of nitrogens with one attached hydrogen (secondary N) is 1. The summed E-state index contributed by atoms with van der Waals surface area (Å²) in [5.74, 6) is 0.328.